The number of aryl methyl sites for hydroxylation is 1. The second kappa shape index (κ2) is 8.77. The Bertz CT molecular complexity index is 980. The molecular formula is C23H17Cl2NO. The highest BCUT2D eigenvalue weighted by Gasteiger charge is 2.10. The summed E-state index contributed by atoms with van der Waals surface area (Å²) in [6.45, 7) is 2.38. The highest BCUT2D eigenvalue weighted by Crippen LogP contribution is 2.36. The van der Waals surface area contributed by atoms with E-state index in [1.807, 2.05) is 61.5 Å². The predicted molar refractivity (Wildman–Crippen MR) is 112 cm³/mol. The quantitative estimate of drug-likeness (QED) is 0.347. The van der Waals surface area contributed by atoms with Crippen LogP contribution in [0.5, 0.6) is 5.75 Å². The summed E-state index contributed by atoms with van der Waals surface area (Å²) >= 11 is 12.7. The van der Waals surface area contributed by atoms with Gasteiger partial charge in [0, 0.05) is 0 Å². The van der Waals surface area contributed by atoms with Crippen LogP contribution in [0, 0.1) is 18.3 Å². The summed E-state index contributed by atoms with van der Waals surface area (Å²) < 4.78 is 5.79. The molecule has 0 aromatic heterocycles. The molecule has 0 atom stereocenters. The average Bonchev–Trinajstić information content (AvgIpc) is 2.67. The molecule has 0 fully saturated rings. The zero-order valence-electron chi connectivity index (χ0n) is 14.7. The van der Waals surface area contributed by atoms with Crippen molar-refractivity contribution < 1.29 is 4.74 Å². The Morgan fingerprint density at radius 2 is 1.63 bits per heavy atom. The SMILES string of the molecule is Cc1ccc(/C(C#N)=C/c2cc(Cl)c(OCc3ccccc3)c(Cl)c2)cc1. The number of benzene rings is 3. The van der Waals surface area contributed by atoms with E-state index in [9.17, 15) is 5.26 Å². The molecule has 0 radical (unpaired) electrons. The van der Waals surface area contributed by atoms with Crippen LogP contribution in [0.15, 0.2) is 66.7 Å². The number of ether oxygens (including phenoxy) is 1. The molecule has 0 heterocycles. The normalized spacial score (nSPS) is 11.1. The van der Waals surface area contributed by atoms with Gasteiger partial charge in [0.15, 0.2) is 5.75 Å². The molecule has 0 aliphatic heterocycles. The van der Waals surface area contributed by atoms with E-state index >= 15 is 0 Å². The Hall–Kier alpha value is -2.73. The zero-order chi connectivity index (χ0) is 19.2. The number of allylic oxidation sites excluding steroid dienone is 1. The van der Waals surface area contributed by atoms with Crippen molar-refractivity contribution in [3.8, 4) is 11.8 Å². The topological polar surface area (TPSA) is 33.0 Å². The largest absolute Gasteiger partial charge is 0.486 e. The van der Waals surface area contributed by atoms with Crippen molar-refractivity contribution in [1.29, 1.82) is 5.26 Å². The molecule has 4 heteroatoms. The fourth-order valence-electron chi connectivity index (χ4n) is 2.61. The average molecular weight is 394 g/mol. The summed E-state index contributed by atoms with van der Waals surface area (Å²) in [7, 11) is 0. The van der Waals surface area contributed by atoms with Gasteiger partial charge in [0.05, 0.1) is 21.7 Å². The van der Waals surface area contributed by atoms with Crippen molar-refractivity contribution in [2.45, 2.75) is 13.5 Å². The van der Waals surface area contributed by atoms with Gasteiger partial charge in [-0.1, -0.05) is 83.4 Å². The Balaban J connectivity index is 1.85. The van der Waals surface area contributed by atoms with Gasteiger partial charge >= 0.3 is 0 Å². The van der Waals surface area contributed by atoms with Crippen LogP contribution in [0.2, 0.25) is 10.0 Å². The third-order valence-electron chi connectivity index (χ3n) is 4.04. The maximum absolute atomic E-state index is 9.50. The van der Waals surface area contributed by atoms with Crippen LogP contribution >= 0.6 is 23.2 Å². The maximum Gasteiger partial charge on any atom is 0.157 e. The summed E-state index contributed by atoms with van der Waals surface area (Å²) in [5, 5.41) is 10.3. The number of nitriles is 1. The molecule has 0 aliphatic rings. The first-order chi connectivity index (χ1) is 13.1. The highest BCUT2D eigenvalue weighted by atomic mass is 35.5. The predicted octanol–water partition coefficient (Wildman–Crippen LogP) is 6.95. The van der Waals surface area contributed by atoms with Crippen LogP contribution < -0.4 is 4.74 Å². The minimum atomic E-state index is 0.377. The molecule has 0 aliphatic carbocycles. The van der Waals surface area contributed by atoms with E-state index in [2.05, 4.69) is 6.07 Å². The Labute approximate surface area is 169 Å². The smallest absolute Gasteiger partial charge is 0.157 e. The highest BCUT2D eigenvalue weighted by molar-refractivity contribution is 6.37. The number of hydrogen-bond acceptors (Lipinski definition) is 2. The number of hydrogen-bond donors (Lipinski definition) is 0. The molecule has 27 heavy (non-hydrogen) atoms. The summed E-state index contributed by atoms with van der Waals surface area (Å²) in [5.41, 5.74) is 4.30. The van der Waals surface area contributed by atoms with Crippen LogP contribution in [0.25, 0.3) is 11.6 Å². The minimum Gasteiger partial charge on any atom is -0.486 e. The summed E-state index contributed by atoms with van der Waals surface area (Å²) in [6, 6.07) is 23.3. The first-order valence-electron chi connectivity index (χ1n) is 8.41. The van der Waals surface area contributed by atoms with Gasteiger partial charge in [0.25, 0.3) is 0 Å². The molecule has 0 amide bonds. The van der Waals surface area contributed by atoms with Gasteiger partial charge in [0.1, 0.15) is 6.61 Å². The van der Waals surface area contributed by atoms with Gasteiger partial charge in [-0.2, -0.15) is 5.26 Å². The van der Waals surface area contributed by atoms with Crippen molar-refractivity contribution in [3.63, 3.8) is 0 Å². The number of rotatable bonds is 5. The number of nitrogens with zero attached hydrogens (tertiary/aromatic N) is 1. The van der Waals surface area contributed by atoms with Crippen LogP contribution in [0.1, 0.15) is 22.3 Å². The lowest BCUT2D eigenvalue weighted by atomic mass is 10.0. The van der Waals surface area contributed by atoms with E-state index in [1.54, 1.807) is 18.2 Å². The van der Waals surface area contributed by atoms with Crippen LogP contribution in [-0.4, -0.2) is 0 Å². The van der Waals surface area contributed by atoms with Gasteiger partial charge in [-0.15, -0.1) is 0 Å². The van der Waals surface area contributed by atoms with Crippen LogP contribution in [0.4, 0.5) is 0 Å². The van der Waals surface area contributed by atoms with Crippen LogP contribution in [0.3, 0.4) is 0 Å². The van der Waals surface area contributed by atoms with E-state index in [0.717, 1.165) is 22.3 Å². The molecule has 0 unspecified atom stereocenters. The molecule has 0 N–H and O–H groups in total. The molecular weight excluding hydrogens is 377 g/mol. The molecule has 0 saturated carbocycles. The molecule has 3 aromatic carbocycles. The summed E-state index contributed by atoms with van der Waals surface area (Å²) in [4.78, 5) is 0. The lowest BCUT2D eigenvalue weighted by Crippen LogP contribution is -1.96. The van der Waals surface area contributed by atoms with Crippen molar-refractivity contribution in [2.75, 3.05) is 0 Å². The maximum atomic E-state index is 9.50. The Morgan fingerprint density at radius 3 is 2.22 bits per heavy atom. The third kappa shape index (κ3) is 4.92. The molecule has 0 bridgehead atoms. The van der Waals surface area contributed by atoms with Crippen molar-refractivity contribution >= 4 is 34.9 Å². The van der Waals surface area contributed by atoms with E-state index in [0.29, 0.717) is 28.0 Å². The van der Waals surface area contributed by atoms with Crippen molar-refractivity contribution in [3.05, 3.63) is 99.0 Å². The van der Waals surface area contributed by atoms with Gasteiger partial charge in [-0.05, 0) is 41.8 Å². The van der Waals surface area contributed by atoms with E-state index in [-0.39, 0.29) is 0 Å². The van der Waals surface area contributed by atoms with Crippen LogP contribution in [-0.2, 0) is 6.61 Å². The van der Waals surface area contributed by atoms with Gasteiger partial charge in [0.2, 0.25) is 0 Å². The Morgan fingerprint density at radius 1 is 1.00 bits per heavy atom. The third-order valence-corrected chi connectivity index (χ3v) is 4.60. The van der Waals surface area contributed by atoms with Crippen molar-refractivity contribution in [2.24, 2.45) is 0 Å². The molecule has 134 valence electrons. The Kier molecular flexibility index (Phi) is 6.19. The molecule has 3 aromatic rings. The van der Waals surface area contributed by atoms with Gasteiger partial charge in [-0.25, -0.2) is 0 Å². The zero-order valence-corrected chi connectivity index (χ0v) is 16.3. The van der Waals surface area contributed by atoms with E-state index < -0.39 is 0 Å². The molecule has 2 nitrogen and oxygen atoms in total. The fourth-order valence-corrected chi connectivity index (χ4v) is 3.22. The van der Waals surface area contributed by atoms with E-state index in [4.69, 9.17) is 27.9 Å². The lowest BCUT2D eigenvalue weighted by Gasteiger charge is -2.11. The molecule has 3 rings (SSSR count). The minimum absolute atomic E-state index is 0.377. The monoisotopic (exact) mass is 393 g/mol. The second-order valence-corrected chi connectivity index (χ2v) is 6.94. The number of halogens is 2. The second-order valence-electron chi connectivity index (χ2n) is 6.12. The van der Waals surface area contributed by atoms with Crippen molar-refractivity contribution in [1.82, 2.24) is 0 Å². The first-order valence-corrected chi connectivity index (χ1v) is 9.17. The van der Waals surface area contributed by atoms with Gasteiger partial charge < -0.3 is 4.74 Å². The summed E-state index contributed by atoms with van der Waals surface area (Å²) in [5.74, 6) is 0.438. The standard InChI is InChI=1S/C23H17Cl2NO/c1-16-7-9-19(10-8-16)20(14-26)11-18-12-21(24)23(22(25)13-18)27-15-17-5-3-2-4-6-17/h2-13H,15H2,1H3/b20-11+. The molecule has 0 spiro atoms. The van der Waals surface area contributed by atoms with Gasteiger partial charge in [-0.3, -0.25) is 0 Å². The first kappa shape index (κ1) is 19.0. The lowest BCUT2D eigenvalue weighted by molar-refractivity contribution is 0.306. The summed E-state index contributed by atoms with van der Waals surface area (Å²) in [6.07, 6.45) is 1.77. The fraction of sp³-hybridized carbons (Fsp3) is 0.0870. The molecule has 0 saturated heterocycles. The van der Waals surface area contributed by atoms with E-state index in [1.165, 1.54) is 0 Å².